The van der Waals surface area contributed by atoms with E-state index in [1.165, 1.54) is 77.6 Å². The molecule has 6 rings (SSSR count). The number of benzene rings is 4. The van der Waals surface area contributed by atoms with Crippen molar-refractivity contribution in [3.05, 3.63) is 142 Å². The number of carboxylic acids is 3. The fourth-order valence-corrected chi connectivity index (χ4v) is 5.80. The van der Waals surface area contributed by atoms with Crippen molar-refractivity contribution in [3.8, 4) is 17.2 Å². The van der Waals surface area contributed by atoms with Crippen molar-refractivity contribution in [1.29, 1.82) is 0 Å². The van der Waals surface area contributed by atoms with Gasteiger partial charge in [0.1, 0.15) is 52.5 Å². The lowest BCUT2D eigenvalue weighted by Crippen LogP contribution is -2.13. The number of carboxylic acid groups (broad SMARTS) is 3. The first-order valence-corrected chi connectivity index (χ1v) is 18.7. The lowest BCUT2D eigenvalue weighted by molar-refractivity contribution is -0.392. The van der Waals surface area contributed by atoms with E-state index < -0.39 is 44.4 Å². The molecule has 2 heterocycles. The quantitative estimate of drug-likeness (QED) is 0.0340. The highest BCUT2D eigenvalue weighted by atomic mass is 32.2. The molecule has 0 aliphatic rings. The van der Waals surface area contributed by atoms with Crippen LogP contribution in [0, 0.1) is 17.0 Å². The Balaban J connectivity index is 0.000000221. The maximum absolute atomic E-state index is 12.3. The van der Waals surface area contributed by atoms with E-state index in [0.717, 1.165) is 24.3 Å². The van der Waals surface area contributed by atoms with Crippen LogP contribution in [0.3, 0.4) is 0 Å². The predicted molar refractivity (Wildman–Crippen MR) is 216 cm³/mol. The van der Waals surface area contributed by atoms with Gasteiger partial charge < -0.3 is 45.9 Å². The summed E-state index contributed by atoms with van der Waals surface area (Å²) in [6.07, 6.45) is 2.66. The van der Waals surface area contributed by atoms with Gasteiger partial charge in [-0.15, -0.1) is 0 Å². The van der Waals surface area contributed by atoms with Crippen molar-refractivity contribution in [2.45, 2.75) is 18.4 Å². The van der Waals surface area contributed by atoms with Crippen molar-refractivity contribution in [2.75, 3.05) is 11.3 Å². The van der Waals surface area contributed by atoms with E-state index in [-0.39, 0.29) is 69.2 Å². The maximum atomic E-state index is 12.3. The number of anilines is 1. The molecule has 0 saturated carbocycles. The zero-order valence-electron chi connectivity index (χ0n) is 31.8. The van der Waals surface area contributed by atoms with Gasteiger partial charge in [0.25, 0.3) is 10.0 Å². The number of phenols is 3. The third-order valence-electron chi connectivity index (χ3n) is 7.79. The second kappa shape index (κ2) is 20.9. The van der Waals surface area contributed by atoms with Gasteiger partial charge in [-0.1, -0.05) is 6.07 Å². The molecule has 0 amide bonds. The average molecular weight is 872 g/mol. The highest BCUT2D eigenvalue weighted by molar-refractivity contribution is 7.92. The molecular weight excluding hydrogens is 839 g/mol. The van der Waals surface area contributed by atoms with Gasteiger partial charge >= 0.3 is 23.7 Å². The Morgan fingerprint density at radius 3 is 1.52 bits per heavy atom. The minimum Gasteiger partial charge on any atom is -0.507 e. The van der Waals surface area contributed by atoms with Gasteiger partial charge in [0, 0.05) is 13.1 Å². The van der Waals surface area contributed by atoms with Crippen LogP contribution in [0.15, 0.2) is 135 Å². The second-order valence-electron chi connectivity index (χ2n) is 12.0. The maximum Gasteiger partial charge on any atom is 0.342 e. The number of aliphatic hydroxyl groups is 1. The van der Waals surface area contributed by atoms with Crippen LogP contribution in [-0.2, 0) is 16.6 Å². The molecule has 0 unspecified atom stereocenters. The Morgan fingerprint density at radius 1 is 0.694 bits per heavy atom. The molecule has 0 aliphatic carbocycles. The Labute approximate surface area is 349 Å². The standard InChI is InChI=1S/C18H14N4O5S.C14H10N2O6.C6H9N3O3/c23-16-9-6-13(11-15(16)18(24)25)21-20-12-4-7-14(8-5-12)28(26,27)22-17-3-1-2-10-19-17;17-11-3-1-7(5-9(11)13(19)20)15-16-8-2-4-12(18)10(6-8)14(21)22;1-5-7-4-6(9(11)12)8(5)2-3-10/h1-11,23H,(H,19,22)(H,24,25);1-6,17-18H,(H,19,20)(H,21,22);4,10H,2-3H2,1H3/b21-20+;16-15+;. The van der Waals surface area contributed by atoms with Gasteiger partial charge in [-0.25, -0.2) is 37.3 Å². The normalized spacial score (nSPS) is 10.9. The van der Waals surface area contributed by atoms with Crippen molar-refractivity contribution < 1.29 is 63.5 Å². The Morgan fingerprint density at radius 2 is 1.13 bits per heavy atom. The summed E-state index contributed by atoms with van der Waals surface area (Å²) in [4.78, 5) is 50.3. The first kappa shape index (κ1) is 46.1. The molecule has 24 heteroatoms. The van der Waals surface area contributed by atoms with Gasteiger partial charge in [0.2, 0.25) is 0 Å². The third-order valence-corrected chi connectivity index (χ3v) is 9.16. The molecular formula is C38H33N9O14S. The number of nitrogens with zero attached hydrogens (tertiary/aromatic N) is 8. The van der Waals surface area contributed by atoms with Crippen molar-refractivity contribution in [2.24, 2.45) is 20.5 Å². The van der Waals surface area contributed by atoms with Crippen molar-refractivity contribution in [3.63, 3.8) is 0 Å². The van der Waals surface area contributed by atoms with E-state index in [1.54, 1.807) is 19.1 Å². The molecule has 0 atom stereocenters. The van der Waals surface area contributed by atoms with E-state index in [4.69, 9.17) is 20.4 Å². The summed E-state index contributed by atoms with van der Waals surface area (Å²) in [6.45, 7) is 1.74. The molecule has 2 aromatic heterocycles. The number of carbonyl (C=O) groups is 3. The number of imidazole rings is 1. The van der Waals surface area contributed by atoms with E-state index in [0.29, 0.717) is 11.5 Å². The van der Waals surface area contributed by atoms with Crippen LogP contribution < -0.4 is 4.72 Å². The number of rotatable bonds is 13. The third kappa shape index (κ3) is 12.7. The Kier molecular flexibility index (Phi) is 15.5. The summed E-state index contributed by atoms with van der Waals surface area (Å²) in [5, 5.41) is 89.3. The summed E-state index contributed by atoms with van der Waals surface area (Å²) in [5.74, 6) is -4.43. The topological polar surface area (TPSA) is 362 Å². The summed E-state index contributed by atoms with van der Waals surface area (Å²) in [7, 11) is -3.79. The van der Waals surface area contributed by atoms with Gasteiger partial charge in [-0.05, 0) is 95.9 Å². The van der Waals surface area contributed by atoms with Gasteiger partial charge in [0.15, 0.2) is 5.82 Å². The monoisotopic (exact) mass is 871 g/mol. The number of aromatic hydroxyl groups is 3. The number of sulfonamides is 1. The SMILES string of the molecule is Cc1ncc([N+](=O)[O-])n1CCO.O=C(O)c1cc(/N=N/c2ccc(O)c(C(=O)O)c2)ccc1O.O=C(O)c1cc(/N=N/c2ccc(S(=O)(=O)Nc3ccccn3)cc2)ccc1O. The molecule has 6 aromatic rings. The number of hydrogen-bond donors (Lipinski definition) is 8. The van der Waals surface area contributed by atoms with Crippen LogP contribution in [0.25, 0.3) is 0 Å². The van der Waals surface area contributed by atoms with Gasteiger partial charge in [0.05, 0.1) is 34.3 Å². The van der Waals surface area contributed by atoms with Crippen LogP contribution in [0.2, 0.25) is 0 Å². The van der Waals surface area contributed by atoms with Crippen LogP contribution in [0.5, 0.6) is 17.2 Å². The lowest BCUT2D eigenvalue weighted by Gasteiger charge is -2.07. The second-order valence-corrected chi connectivity index (χ2v) is 13.7. The largest absolute Gasteiger partial charge is 0.507 e. The molecule has 0 spiro atoms. The average Bonchev–Trinajstić information content (AvgIpc) is 3.61. The predicted octanol–water partition coefficient (Wildman–Crippen LogP) is 6.70. The number of hydrogen-bond acceptors (Lipinski definition) is 17. The first-order valence-electron chi connectivity index (χ1n) is 17.2. The lowest BCUT2D eigenvalue weighted by atomic mass is 10.2. The number of aromatic nitrogens is 3. The molecule has 320 valence electrons. The molecule has 62 heavy (non-hydrogen) atoms. The molecule has 0 aliphatic heterocycles. The molecule has 8 N–H and O–H groups in total. The highest BCUT2D eigenvalue weighted by Crippen LogP contribution is 2.29. The van der Waals surface area contributed by atoms with E-state index in [2.05, 4.69) is 35.1 Å². The number of nitrogens with one attached hydrogen (secondary N) is 1. The summed E-state index contributed by atoms with van der Waals surface area (Å²) >= 11 is 0. The van der Waals surface area contributed by atoms with Crippen molar-refractivity contribution in [1.82, 2.24) is 14.5 Å². The Hall–Kier alpha value is -8.64. The van der Waals surface area contributed by atoms with Crippen LogP contribution >= 0.6 is 0 Å². The molecule has 0 bridgehead atoms. The van der Waals surface area contributed by atoms with Gasteiger partial charge in [-0.3, -0.25) is 4.72 Å². The summed E-state index contributed by atoms with van der Waals surface area (Å²) < 4.78 is 28.4. The number of pyridine rings is 1. The van der Waals surface area contributed by atoms with Crippen molar-refractivity contribution >= 4 is 62.3 Å². The molecule has 4 aromatic carbocycles. The van der Waals surface area contributed by atoms with Crippen LogP contribution in [-0.4, -0.2) is 88.1 Å². The summed E-state index contributed by atoms with van der Waals surface area (Å²) in [5.41, 5.74) is -0.0222. The number of aliphatic hydroxyl groups excluding tert-OH is 1. The Bertz CT molecular complexity index is 2700. The van der Waals surface area contributed by atoms with E-state index in [9.17, 15) is 48.2 Å². The highest BCUT2D eigenvalue weighted by Gasteiger charge is 2.17. The number of aryl methyl sites for hydroxylation is 1. The number of aromatic carboxylic acids is 3. The minimum absolute atomic E-state index is 0.0231. The fraction of sp³-hybridized carbons (Fsp3) is 0.0789. The van der Waals surface area contributed by atoms with E-state index in [1.807, 2.05) is 0 Å². The molecule has 0 saturated heterocycles. The van der Waals surface area contributed by atoms with Crippen LogP contribution in [0.1, 0.15) is 36.9 Å². The first-order chi connectivity index (χ1) is 29.4. The van der Waals surface area contributed by atoms with E-state index >= 15 is 0 Å². The summed E-state index contributed by atoms with van der Waals surface area (Å²) in [6, 6.07) is 21.6. The number of nitro groups is 1. The molecule has 23 nitrogen and oxygen atoms in total. The zero-order valence-corrected chi connectivity index (χ0v) is 32.6. The molecule has 0 fully saturated rings. The minimum atomic E-state index is -3.79. The van der Waals surface area contributed by atoms with Gasteiger partial charge in [-0.2, -0.15) is 20.5 Å². The smallest absolute Gasteiger partial charge is 0.342 e. The number of azo groups is 2. The zero-order chi connectivity index (χ0) is 45.6. The fourth-order valence-electron chi connectivity index (χ4n) is 4.79. The van der Waals surface area contributed by atoms with Crippen LogP contribution in [0.4, 0.5) is 34.4 Å². The molecule has 0 radical (unpaired) electrons.